The predicted molar refractivity (Wildman–Crippen MR) is 89.5 cm³/mol. The summed E-state index contributed by atoms with van der Waals surface area (Å²) in [5.74, 6) is 0.408. The Balaban J connectivity index is 1.76. The highest BCUT2D eigenvalue weighted by atomic mass is 32.1. The first-order chi connectivity index (χ1) is 10.6. The fourth-order valence-corrected chi connectivity index (χ4v) is 3.42. The van der Waals surface area contributed by atoms with Crippen LogP contribution in [0.2, 0.25) is 0 Å². The largest absolute Gasteiger partial charge is 0.395 e. The first kappa shape index (κ1) is 15.2. The molecule has 2 amide bonds. The lowest BCUT2D eigenvalue weighted by Crippen LogP contribution is -2.38. The topological polar surface area (TPSA) is 65.5 Å². The second-order valence-corrected chi connectivity index (χ2v) is 7.03. The lowest BCUT2D eigenvalue weighted by atomic mass is 10.2. The average molecular weight is 319 g/mol. The van der Waals surface area contributed by atoms with Gasteiger partial charge in [-0.3, -0.25) is 0 Å². The number of amides is 2. The number of fused-ring (bicyclic) bond motifs is 1. The summed E-state index contributed by atoms with van der Waals surface area (Å²) in [6.45, 7) is 4.64. The SMILES string of the molecule is CC(C)c1nc2ccc(NC(=O)N(CCO)C3CC3)cc2s1. The molecule has 2 N–H and O–H groups in total. The van der Waals surface area contributed by atoms with Gasteiger partial charge in [0.25, 0.3) is 0 Å². The van der Waals surface area contributed by atoms with Gasteiger partial charge in [0.1, 0.15) is 0 Å². The zero-order valence-electron chi connectivity index (χ0n) is 12.9. The maximum absolute atomic E-state index is 12.3. The zero-order valence-corrected chi connectivity index (χ0v) is 13.7. The summed E-state index contributed by atoms with van der Waals surface area (Å²) < 4.78 is 1.08. The number of hydrogen-bond acceptors (Lipinski definition) is 4. The molecule has 2 aromatic rings. The van der Waals surface area contributed by atoms with Gasteiger partial charge in [0.2, 0.25) is 0 Å². The minimum Gasteiger partial charge on any atom is -0.395 e. The third-order valence-corrected chi connectivity index (χ3v) is 5.06. The summed E-state index contributed by atoms with van der Waals surface area (Å²) in [4.78, 5) is 18.6. The van der Waals surface area contributed by atoms with Crippen LogP contribution in [0.4, 0.5) is 10.5 Å². The molecular formula is C16H21N3O2S. The summed E-state index contributed by atoms with van der Waals surface area (Å²) in [5.41, 5.74) is 1.75. The first-order valence-corrected chi connectivity index (χ1v) is 8.49. The van der Waals surface area contributed by atoms with E-state index in [-0.39, 0.29) is 18.7 Å². The highest BCUT2D eigenvalue weighted by Crippen LogP contribution is 2.30. The Morgan fingerprint density at radius 3 is 2.91 bits per heavy atom. The molecule has 0 unspecified atom stereocenters. The fourth-order valence-electron chi connectivity index (χ4n) is 2.41. The van der Waals surface area contributed by atoms with E-state index in [1.807, 2.05) is 18.2 Å². The molecule has 0 atom stereocenters. The molecule has 22 heavy (non-hydrogen) atoms. The van der Waals surface area contributed by atoms with E-state index in [9.17, 15) is 4.79 Å². The Hall–Kier alpha value is -1.66. The van der Waals surface area contributed by atoms with Crippen LogP contribution in [-0.4, -0.2) is 40.2 Å². The zero-order chi connectivity index (χ0) is 15.7. The van der Waals surface area contributed by atoms with E-state index in [4.69, 9.17) is 5.11 Å². The third-order valence-electron chi connectivity index (χ3n) is 3.74. The molecule has 1 fully saturated rings. The molecule has 1 aromatic heterocycles. The Labute approximate surface area is 134 Å². The molecule has 1 aliphatic rings. The van der Waals surface area contributed by atoms with Crippen molar-refractivity contribution in [2.75, 3.05) is 18.5 Å². The van der Waals surface area contributed by atoms with Crippen LogP contribution in [0.3, 0.4) is 0 Å². The number of aliphatic hydroxyl groups excluding tert-OH is 1. The van der Waals surface area contributed by atoms with Crippen molar-refractivity contribution >= 4 is 33.3 Å². The highest BCUT2D eigenvalue weighted by Gasteiger charge is 2.32. The Morgan fingerprint density at radius 1 is 1.50 bits per heavy atom. The summed E-state index contributed by atoms with van der Waals surface area (Å²) in [6, 6.07) is 5.95. The molecular weight excluding hydrogens is 298 g/mol. The average Bonchev–Trinajstić information content (AvgIpc) is 3.22. The standard InChI is InChI=1S/C16H21N3O2S/c1-10(2)15-18-13-6-3-11(9-14(13)22-15)17-16(21)19(7-8-20)12-4-5-12/h3,6,9-10,12,20H,4-5,7-8H2,1-2H3,(H,17,21). The number of anilines is 1. The maximum atomic E-state index is 12.3. The summed E-state index contributed by atoms with van der Waals surface area (Å²) in [7, 11) is 0. The molecule has 3 rings (SSSR count). The second-order valence-electron chi connectivity index (χ2n) is 5.97. The van der Waals surface area contributed by atoms with Gasteiger partial charge < -0.3 is 15.3 Å². The molecule has 1 saturated carbocycles. The van der Waals surface area contributed by atoms with Gasteiger partial charge in [-0.1, -0.05) is 13.8 Å². The van der Waals surface area contributed by atoms with Crippen LogP contribution in [0, 0.1) is 0 Å². The van der Waals surface area contributed by atoms with E-state index in [2.05, 4.69) is 24.1 Å². The van der Waals surface area contributed by atoms with Gasteiger partial charge in [-0.2, -0.15) is 0 Å². The molecule has 1 aromatic carbocycles. The van der Waals surface area contributed by atoms with Gasteiger partial charge in [0, 0.05) is 24.2 Å². The van der Waals surface area contributed by atoms with Gasteiger partial charge in [-0.25, -0.2) is 9.78 Å². The van der Waals surface area contributed by atoms with Crippen LogP contribution < -0.4 is 5.32 Å². The predicted octanol–water partition coefficient (Wildman–Crippen LogP) is 3.41. The summed E-state index contributed by atoms with van der Waals surface area (Å²) in [5, 5.41) is 13.1. The van der Waals surface area contributed by atoms with Crippen molar-refractivity contribution in [3.8, 4) is 0 Å². The molecule has 118 valence electrons. The first-order valence-electron chi connectivity index (χ1n) is 7.67. The van der Waals surface area contributed by atoms with Crippen molar-refractivity contribution in [3.05, 3.63) is 23.2 Å². The molecule has 1 aliphatic carbocycles. The normalized spacial score (nSPS) is 14.5. The minimum atomic E-state index is -0.135. The van der Waals surface area contributed by atoms with Crippen molar-refractivity contribution in [2.45, 2.75) is 38.6 Å². The van der Waals surface area contributed by atoms with E-state index in [0.29, 0.717) is 12.5 Å². The Morgan fingerprint density at radius 2 is 2.27 bits per heavy atom. The number of aromatic nitrogens is 1. The summed E-state index contributed by atoms with van der Waals surface area (Å²) in [6.07, 6.45) is 2.05. The van der Waals surface area contributed by atoms with Crippen molar-refractivity contribution in [3.63, 3.8) is 0 Å². The van der Waals surface area contributed by atoms with Crippen molar-refractivity contribution in [2.24, 2.45) is 0 Å². The fraction of sp³-hybridized carbons (Fsp3) is 0.500. The Kier molecular flexibility index (Phi) is 4.31. The van der Waals surface area contributed by atoms with Crippen molar-refractivity contribution in [1.82, 2.24) is 9.88 Å². The van der Waals surface area contributed by atoms with Crippen LogP contribution in [0.15, 0.2) is 18.2 Å². The number of benzene rings is 1. The van der Waals surface area contributed by atoms with E-state index >= 15 is 0 Å². The van der Waals surface area contributed by atoms with Crippen LogP contribution in [0.5, 0.6) is 0 Å². The number of nitrogens with one attached hydrogen (secondary N) is 1. The highest BCUT2D eigenvalue weighted by molar-refractivity contribution is 7.18. The van der Waals surface area contributed by atoms with E-state index in [1.54, 1.807) is 16.2 Å². The molecule has 0 aliphatic heterocycles. The number of hydrogen-bond donors (Lipinski definition) is 2. The smallest absolute Gasteiger partial charge is 0.322 e. The quantitative estimate of drug-likeness (QED) is 0.887. The molecule has 1 heterocycles. The number of thiazole rings is 1. The van der Waals surface area contributed by atoms with E-state index in [1.165, 1.54) is 0 Å². The molecule has 0 saturated heterocycles. The van der Waals surface area contributed by atoms with Crippen LogP contribution in [0.25, 0.3) is 10.2 Å². The number of carbonyl (C=O) groups excluding carboxylic acids is 1. The minimum absolute atomic E-state index is 0.00442. The molecule has 6 heteroatoms. The second kappa shape index (κ2) is 6.22. The van der Waals surface area contributed by atoms with Crippen molar-refractivity contribution < 1.29 is 9.90 Å². The number of nitrogens with zero attached hydrogens (tertiary/aromatic N) is 2. The van der Waals surface area contributed by atoms with Crippen LogP contribution >= 0.6 is 11.3 Å². The molecule has 5 nitrogen and oxygen atoms in total. The van der Waals surface area contributed by atoms with Crippen LogP contribution in [0.1, 0.15) is 37.6 Å². The molecule has 0 radical (unpaired) electrons. The van der Waals surface area contributed by atoms with Gasteiger partial charge in [-0.05, 0) is 31.0 Å². The van der Waals surface area contributed by atoms with Gasteiger partial charge in [0.15, 0.2) is 0 Å². The van der Waals surface area contributed by atoms with Crippen LogP contribution in [-0.2, 0) is 0 Å². The lowest BCUT2D eigenvalue weighted by Gasteiger charge is -2.21. The lowest BCUT2D eigenvalue weighted by molar-refractivity contribution is 0.185. The van der Waals surface area contributed by atoms with Gasteiger partial charge >= 0.3 is 6.03 Å². The molecule has 0 bridgehead atoms. The number of aliphatic hydroxyl groups is 1. The van der Waals surface area contributed by atoms with Gasteiger partial charge in [0.05, 0.1) is 21.8 Å². The van der Waals surface area contributed by atoms with E-state index in [0.717, 1.165) is 33.8 Å². The maximum Gasteiger partial charge on any atom is 0.322 e. The number of carbonyl (C=O) groups is 1. The summed E-state index contributed by atoms with van der Waals surface area (Å²) >= 11 is 1.67. The van der Waals surface area contributed by atoms with E-state index < -0.39 is 0 Å². The van der Waals surface area contributed by atoms with Crippen molar-refractivity contribution in [1.29, 1.82) is 0 Å². The Bertz CT molecular complexity index is 679. The number of urea groups is 1. The van der Waals surface area contributed by atoms with Gasteiger partial charge in [-0.15, -0.1) is 11.3 Å². The monoisotopic (exact) mass is 319 g/mol. The third kappa shape index (κ3) is 3.23. The molecule has 0 spiro atoms. The number of rotatable bonds is 5.